The van der Waals surface area contributed by atoms with Gasteiger partial charge in [-0.2, -0.15) is 5.10 Å². The van der Waals surface area contributed by atoms with Crippen LogP contribution in [0, 0.1) is 5.41 Å². The number of aromatic nitrogens is 3. The number of benzene rings is 1. The number of rotatable bonds is 7. The number of nitrogen functional groups attached to an aromatic ring is 1. The van der Waals surface area contributed by atoms with Crippen LogP contribution in [0.3, 0.4) is 0 Å². The molecule has 1 aliphatic carbocycles. The van der Waals surface area contributed by atoms with Gasteiger partial charge in [0.2, 0.25) is 5.91 Å². The van der Waals surface area contributed by atoms with Gasteiger partial charge in [-0.05, 0) is 37.7 Å². The number of nitrogens with one attached hydrogen (secondary N) is 1. The highest BCUT2D eigenvalue weighted by atomic mass is 16.5. The fraction of sp³-hybridized carbons (Fsp3) is 0.440. The van der Waals surface area contributed by atoms with Crippen molar-refractivity contribution in [3.8, 4) is 11.3 Å². The average Bonchev–Trinajstić information content (AvgIpc) is 3.18. The van der Waals surface area contributed by atoms with Crippen LogP contribution >= 0.6 is 0 Å². The molecule has 9 heteroatoms. The lowest BCUT2D eigenvalue weighted by molar-refractivity contribution is -0.117. The first-order chi connectivity index (χ1) is 15.9. The zero-order valence-electron chi connectivity index (χ0n) is 20.3. The molecule has 2 heterocycles. The molecular formula is C25H32N6O3. The van der Waals surface area contributed by atoms with Crippen LogP contribution in [0.2, 0.25) is 0 Å². The lowest BCUT2D eigenvalue weighted by atomic mass is 9.91. The van der Waals surface area contributed by atoms with E-state index in [4.69, 9.17) is 16.0 Å². The van der Waals surface area contributed by atoms with E-state index in [9.17, 15) is 9.59 Å². The van der Waals surface area contributed by atoms with Crippen molar-refractivity contribution in [1.29, 1.82) is 0 Å². The van der Waals surface area contributed by atoms with Crippen molar-refractivity contribution in [2.24, 2.45) is 11.1 Å². The Balaban J connectivity index is 1.51. The zero-order valence-corrected chi connectivity index (χ0v) is 20.3. The summed E-state index contributed by atoms with van der Waals surface area (Å²) in [5.41, 5.74) is 13.9. The summed E-state index contributed by atoms with van der Waals surface area (Å²) in [6, 6.07) is 9.08. The molecule has 0 aliphatic heterocycles. The Morgan fingerprint density at radius 3 is 2.44 bits per heavy atom. The minimum Gasteiger partial charge on any atom is -0.383 e. The molecule has 1 unspecified atom stereocenters. The van der Waals surface area contributed by atoms with Crippen molar-refractivity contribution >= 4 is 23.5 Å². The molecule has 1 aliphatic rings. The first kappa shape index (κ1) is 23.5. The van der Waals surface area contributed by atoms with E-state index in [0.29, 0.717) is 17.1 Å². The molecule has 0 saturated heterocycles. The molecule has 1 fully saturated rings. The van der Waals surface area contributed by atoms with Gasteiger partial charge in [-0.25, -0.2) is 4.68 Å². The maximum absolute atomic E-state index is 12.8. The molecule has 1 aromatic carbocycles. The second-order valence-corrected chi connectivity index (χ2v) is 10.6. The molecule has 1 saturated carbocycles. The Morgan fingerprint density at radius 2 is 1.88 bits per heavy atom. The smallest absolute Gasteiger partial charge is 0.254 e. The van der Waals surface area contributed by atoms with Crippen molar-refractivity contribution in [2.75, 3.05) is 11.1 Å². The van der Waals surface area contributed by atoms with Crippen molar-refractivity contribution in [3.63, 3.8) is 0 Å². The number of hydrogen-bond acceptors (Lipinski definition) is 6. The summed E-state index contributed by atoms with van der Waals surface area (Å²) >= 11 is 0. The van der Waals surface area contributed by atoms with Gasteiger partial charge < -0.3 is 21.3 Å². The second-order valence-electron chi connectivity index (χ2n) is 10.6. The molecule has 0 bridgehead atoms. The summed E-state index contributed by atoms with van der Waals surface area (Å²) < 4.78 is 7.05. The lowest BCUT2D eigenvalue weighted by Gasteiger charge is -2.14. The number of anilines is 2. The molecule has 180 valence electrons. The van der Waals surface area contributed by atoms with Gasteiger partial charge in [-0.1, -0.05) is 50.2 Å². The summed E-state index contributed by atoms with van der Waals surface area (Å²) in [5, 5.41) is 11.4. The Labute approximate surface area is 198 Å². The molecular weight excluding hydrogens is 432 g/mol. The second kappa shape index (κ2) is 8.30. The van der Waals surface area contributed by atoms with Gasteiger partial charge in [0.25, 0.3) is 5.91 Å². The number of carbonyl (C=O) groups excluding carboxylic acids is 2. The first-order valence-corrected chi connectivity index (χ1v) is 11.4. The van der Waals surface area contributed by atoms with Crippen molar-refractivity contribution in [3.05, 3.63) is 47.2 Å². The zero-order chi connectivity index (χ0) is 24.8. The number of primary amides is 1. The van der Waals surface area contributed by atoms with Crippen LogP contribution in [-0.2, 0) is 16.8 Å². The standard InChI is InChI=1S/C25H32N6O3/c1-14(23(33)28-18-12-17(34-30-18)13-24(2,3)4)15-6-8-16(9-7-15)20-19(22(27)32)21(26)31(29-20)25(5)10-11-25/h6-9,12,14H,10-11,13,26H2,1-5H3,(H2,27,32)(H,28,30,33). The van der Waals surface area contributed by atoms with Crippen molar-refractivity contribution < 1.29 is 14.1 Å². The number of nitrogens with zero attached hydrogens (tertiary/aromatic N) is 3. The highest BCUT2D eigenvalue weighted by Crippen LogP contribution is 2.45. The van der Waals surface area contributed by atoms with Crippen LogP contribution in [0.1, 0.15) is 75.1 Å². The summed E-state index contributed by atoms with van der Waals surface area (Å²) in [6.45, 7) is 10.2. The monoisotopic (exact) mass is 464 g/mol. The normalized spacial score (nSPS) is 15.7. The molecule has 0 radical (unpaired) electrons. The molecule has 1 atom stereocenters. The fourth-order valence-corrected chi connectivity index (χ4v) is 3.97. The Morgan fingerprint density at radius 1 is 1.24 bits per heavy atom. The van der Waals surface area contributed by atoms with E-state index in [0.717, 1.165) is 30.6 Å². The van der Waals surface area contributed by atoms with Gasteiger partial charge >= 0.3 is 0 Å². The van der Waals surface area contributed by atoms with E-state index in [-0.39, 0.29) is 28.2 Å². The quantitative estimate of drug-likeness (QED) is 0.481. The third-order valence-electron chi connectivity index (χ3n) is 6.24. The van der Waals surface area contributed by atoms with Crippen LogP contribution in [0.4, 0.5) is 11.6 Å². The number of nitrogens with two attached hydrogens (primary N) is 2. The van der Waals surface area contributed by atoms with E-state index >= 15 is 0 Å². The Bertz CT molecular complexity index is 1230. The average molecular weight is 465 g/mol. The highest BCUT2D eigenvalue weighted by Gasteiger charge is 2.43. The van der Waals surface area contributed by atoms with Crippen molar-refractivity contribution in [2.45, 2.75) is 65.3 Å². The van der Waals surface area contributed by atoms with Gasteiger partial charge in [0.05, 0.1) is 11.5 Å². The number of carbonyl (C=O) groups is 2. The van der Waals surface area contributed by atoms with Crippen LogP contribution in [-0.4, -0.2) is 26.8 Å². The minimum absolute atomic E-state index is 0.0566. The van der Waals surface area contributed by atoms with E-state index in [2.05, 4.69) is 43.3 Å². The lowest BCUT2D eigenvalue weighted by Crippen LogP contribution is -2.19. The highest BCUT2D eigenvalue weighted by molar-refractivity contribution is 6.03. The first-order valence-electron chi connectivity index (χ1n) is 11.4. The Kier molecular flexibility index (Phi) is 5.75. The van der Waals surface area contributed by atoms with Crippen LogP contribution < -0.4 is 16.8 Å². The van der Waals surface area contributed by atoms with Crippen LogP contribution in [0.25, 0.3) is 11.3 Å². The minimum atomic E-state index is -0.613. The molecule has 5 N–H and O–H groups in total. The summed E-state index contributed by atoms with van der Waals surface area (Å²) in [4.78, 5) is 24.9. The van der Waals surface area contributed by atoms with Gasteiger partial charge in [0.1, 0.15) is 22.8 Å². The SMILES string of the molecule is CC(C(=O)Nc1cc(CC(C)(C)C)on1)c1ccc(-c2nn(C3(C)CC3)c(N)c2C(N)=O)cc1. The maximum Gasteiger partial charge on any atom is 0.254 e. The molecule has 2 aromatic heterocycles. The number of amides is 2. The third kappa shape index (κ3) is 4.69. The van der Waals surface area contributed by atoms with E-state index in [1.165, 1.54) is 0 Å². The van der Waals surface area contributed by atoms with Crippen LogP contribution in [0.5, 0.6) is 0 Å². The van der Waals surface area contributed by atoms with Crippen molar-refractivity contribution in [1.82, 2.24) is 14.9 Å². The molecule has 0 spiro atoms. The summed E-state index contributed by atoms with van der Waals surface area (Å²) in [6.07, 6.45) is 2.62. The third-order valence-corrected chi connectivity index (χ3v) is 6.24. The van der Waals surface area contributed by atoms with E-state index < -0.39 is 11.8 Å². The summed E-state index contributed by atoms with van der Waals surface area (Å²) in [7, 11) is 0. The van der Waals surface area contributed by atoms with E-state index in [1.54, 1.807) is 10.7 Å². The van der Waals surface area contributed by atoms with Gasteiger partial charge in [-0.3, -0.25) is 9.59 Å². The molecule has 9 nitrogen and oxygen atoms in total. The molecule has 4 rings (SSSR count). The number of hydrogen-bond donors (Lipinski definition) is 3. The molecule has 34 heavy (non-hydrogen) atoms. The predicted molar refractivity (Wildman–Crippen MR) is 130 cm³/mol. The fourth-order valence-electron chi connectivity index (χ4n) is 3.97. The van der Waals surface area contributed by atoms with Gasteiger partial charge in [0, 0.05) is 18.1 Å². The van der Waals surface area contributed by atoms with Gasteiger partial charge in [0.15, 0.2) is 5.82 Å². The Hall–Kier alpha value is -3.62. The van der Waals surface area contributed by atoms with Crippen LogP contribution in [0.15, 0.2) is 34.9 Å². The predicted octanol–water partition coefficient (Wildman–Crippen LogP) is 4.06. The molecule has 2 amide bonds. The molecule has 3 aromatic rings. The summed E-state index contributed by atoms with van der Waals surface area (Å²) in [5.74, 6) is 0.171. The van der Waals surface area contributed by atoms with E-state index in [1.807, 2.05) is 31.2 Å². The van der Waals surface area contributed by atoms with Gasteiger partial charge in [-0.15, -0.1) is 0 Å². The largest absolute Gasteiger partial charge is 0.383 e. The maximum atomic E-state index is 12.8. The topological polar surface area (TPSA) is 142 Å².